The highest BCUT2D eigenvalue weighted by molar-refractivity contribution is 5.75. The van der Waals surface area contributed by atoms with Crippen LogP contribution < -0.4 is 14.8 Å². The van der Waals surface area contributed by atoms with Gasteiger partial charge in [0.1, 0.15) is 6.61 Å². The van der Waals surface area contributed by atoms with Crippen LogP contribution in [0.4, 0.5) is 4.79 Å². The Bertz CT molecular complexity index is 498. The van der Waals surface area contributed by atoms with Gasteiger partial charge in [0.05, 0.1) is 13.2 Å². The van der Waals surface area contributed by atoms with Crippen LogP contribution in [0, 0.1) is 0 Å². The summed E-state index contributed by atoms with van der Waals surface area (Å²) in [5, 5.41) is 3.06. The number of methoxy groups -OCH3 is 1. The van der Waals surface area contributed by atoms with Gasteiger partial charge in [-0.1, -0.05) is 12.1 Å². The van der Waals surface area contributed by atoms with E-state index in [0.717, 1.165) is 49.4 Å². The Hall–Kier alpha value is -1.91. The molecule has 1 fully saturated rings. The van der Waals surface area contributed by atoms with Crippen LogP contribution in [0.5, 0.6) is 11.5 Å². The van der Waals surface area contributed by atoms with E-state index in [9.17, 15) is 4.79 Å². The average molecular weight is 276 g/mol. The minimum atomic E-state index is 0.0300. The number of ether oxygens (including phenoxy) is 2. The standard InChI is InChI=1S/C15H20N2O3/c1-19-13-6-4-5-11-9-12(10-20-14(11)13)16-15(18)17-7-2-3-8-17/h4-6,12H,2-3,7-10H2,1H3,(H,16,18)/t12-/m1/s1. The predicted octanol–water partition coefficient (Wildman–Crippen LogP) is 1.80. The third-order valence-corrected chi connectivity index (χ3v) is 3.90. The van der Waals surface area contributed by atoms with E-state index >= 15 is 0 Å². The lowest BCUT2D eigenvalue weighted by atomic mass is 10.0. The number of rotatable bonds is 2. The summed E-state index contributed by atoms with van der Waals surface area (Å²) in [7, 11) is 1.64. The van der Waals surface area contributed by atoms with Gasteiger partial charge in [0.25, 0.3) is 0 Å². The number of para-hydroxylation sites is 1. The maximum absolute atomic E-state index is 12.1. The monoisotopic (exact) mass is 276 g/mol. The molecule has 3 rings (SSSR count). The van der Waals surface area contributed by atoms with Crippen molar-refractivity contribution in [2.75, 3.05) is 26.8 Å². The minimum absolute atomic E-state index is 0.0300. The van der Waals surface area contributed by atoms with Crippen LogP contribution >= 0.6 is 0 Å². The highest BCUT2D eigenvalue weighted by atomic mass is 16.5. The zero-order chi connectivity index (χ0) is 13.9. The number of carbonyl (C=O) groups excluding carboxylic acids is 1. The first-order valence-corrected chi connectivity index (χ1v) is 7.12. The number of hydrogen-bond donors (Lipinski definition) is 1. The molecule has 2 amide bonds. The molecule has 0 radical (unpaired) electrons. The molecule has 0 unspecified atom stereocenters. The summed E-state index contributed by atoms with van der Waals surface area (Å²) in [4.78, 5) is 14.0. The number of nitrogens with one attached hydrogen (secondary N) is 1. The number of fused-ring (bicyclic) bond motifs is 1. The van der Waals surface area contributed by atoms with E-state index in [-0.39, 0.29) is 12.1 Å². The van der Waals surface area contributed by atoms with Gasteiger partial charge in [0.2, 0.25) is 0 Å². The fourth-order valence-corrected chi connectivity index (χ4v) is 2.83. The molecule has 0 bridgehead atoms. The van der Waals surface area contributed by atoms with Crippen molar-refractivity contribution < 1.29 is 14.3 Å². The summed E-state index contributed by atoms with van der Waals surface area (Å²) in [6, 6.07) is 5.92. The molecule has 2 heterocycles. The molecule has 5 nitrogen and oxygen atoms in total. The first-order valence-electron chi connectivity index (χ1n) is 7.12. The number of benzene rings is 1. The fourth-order valence-electron chi connectivity index (χ4n) is 2.83. The number of carbonyl (C=O) groups is 1. The molecule has 5 heteroatoms. The first kappa shape index (κ1) is 13.1. The van der Waals surface area contributed by atoms with Crippen molar-refractivity contribution in [2.45, 2.75) is 25.3 Å². The molecule has 1 aromatic rings. The van der Waals surface area contributed by atoms with E-state index in [2.05, 4.69) is 5.32 Å². The second-order valence-electron chi connectivity index (χ2n) is 5.30. The summed E-state index contributed by atoms with van der Waals surface area (Å²) in [5.41, 5.74) is 1.09. The maximum atomic E-state index is 12.1. The number of urea groups is 1. The SMILES string of the molecule is COc1cccc2c1OC[C@H](NC(=O)N1CCCC1)C2. The fraction of sp³-hybridized carbons (Fsp3) is 0.533. The molecule has 1 aromatic carbocycles. The molecule has 1 N–H and O–H groups in total. The van der Waals surface area contributed by atoms with Gasteiger partial charge < -0.3 is 19.7 Å². The summed E-state index contributed by atoms with van der Waals surface area (Å²) in [5.74, 6) is 1.56. The van der Waals surface area contributed by atoms with E-state index < -0.39 is 0 Å². The Kier molecular flexibility index (Phi) is 3.67. The Labute approximate surface area is 118 Å². The molecular weight excluding hydrogens is 256 g/mol. The van der Waals surface area contributed by atoms with Gasteiger partial charge >= 0.3 is 6.03 Å². The van der Waals surface area contributed by atoms with Crippen molar-refractivity contribution in [1.29, 1.82) is 0 Å². The zero-order valence-corrected chi connectivity index (χ0v) is 11.7. The number of amides is 2. The molecular formula is C15H20N2O3. The largest absolute Gasteiger partial charge is 0.493 e. The second-order valence-corrected chi connectivity index (χ2v) is 5.30. The van der Waals surface area contributed by atoms with Gasteiger partial charge in [0.15, 0.2) is 11.5 Å². The lowest BCUT2D eigenvalue weighted by Gasteiger charge is -2.28. The van der Waals surface area contributed by atoms with Crippen LogP contribution in [0.15, 0.2) is 18.2 Å². The van der Waals surface area contributed by atoms with E-state index in [1.165, 1.54) is 0 Å². The normalized spacial score (nSPS) is 21.1. The molecule has 1 saturated heterocycles. The Morgan fingerprint density at radius 3 is 2.95 bits per heavy atom. The number of likely N-dealkylation sites (tertiary alicyclic amines) is 1. The molecule has 1 atom stereocenters. The first-order chi connectivity index (χ1) is 9.78. The molecule has 108 valence electrons. The van der Waals surface area contributed by atoms with Crippen molar-refractivity contribution in [1.82, 2.24) is 10.2 Å². The van der Waals surface area contributed by atoms with Gasteiger partial charge in [-0.25, -0.2) is 4.79 Å². The van der Waals surface area contributed by atoms with Crippen molar-refractivity contribution in [3.8, 4) is 11.5 Å². The van der Waals surface area contributed by atoms with E-state index in [1.807, 2.05) is 23.1 Å². The van der Waals surface area contributed by atoms with Crippen LogP contribution in [0.1, 0.15) is 18.4 Å². The highest BCUT2D eigenvalue weighted by Crippen LogP contribution is 2.34. The highest BCUT2D eigenvalue weighted by Gasteiger charge is 2.26. The van der Waals surface area contributed by atoms with Gasteiger partial charge in [-0.3, -0.25) is 0 Å². The van der Waals surface area contributed by atoms with E-state index in [0.29, 0.717) is 6.61 Å². The second kappa shape index (κ2) is 5.61. The van der Waals surface area contributed by atoms with Gasteiger partial charge in [-0.05, 0) is 25.3 Å². The van der Waals surface area contributed by atoms with Crippen LogP contribution in [-0.4, -0.2) is 43.8 Å². The Morgan fingerprint density at radius 1 is 1.40 bits per heavy atom. The van der Waals surface area contributed by atoms with Crippen molar-refractivity contribution in [3.05, 3.63) is 23.8 Å². The third kappa shape index (κ3) is 2.53. The third-order valence-electron chi connectivity index (χ3n) is 3.90. The predicted molar refractivity (Wildman–Crippen MR) is 75.3 cm³/mol. The molecule has 0 saturated carbocycles. The van der Waals surface area contributed by atoms with Crippen molar-refractivity contribution in [3.63, 3.8) is 0 Å². The smallest absolute Gasteiger partial charge is 0.317 e. The van der Waals surface area contributed by atoms with Crippen molar-refractivity contribution in [2.24, 2.45) is 0 Å². The molecule has 2 aliphatic heterocycles. The average Bonchev–Trinajstić information content (AvgIpc) is 3.00. The van der Waals surface area contributed by atoms with Crippen LogP contribution in [-0.2, 0) is 6.42 Å². The van der Waals surface area contributed by atoms with Gasteiger partial charge in [-0.15, -0.1) is 0 Å². The zero-order valence-electron chi connectivity index (χ0n) is 11.7. The lowest BCUT2D eigenvalue weighted by Crippen LogP contribution is -2.48. The van der Waals surface area contributed by atoms with Crippen molar-refractivity contribution >= 4 is 6.03 Å². The Balaban J connectivity index is 1.65. The number of nitrogens with zero attached hydrogens (tertiary/aromatic N) is 1. The number of hydrogen-bond acceptors (Lipinski definition) is 3. The van der Waals surface area contributed by atoms with E-state index in [4.69, 9.17) is 9.47 Å². The molecule has 0 spiro atoms. The van der Waals surface area contributed by atoms with Crippen LogP contribution in [0.3, 0.4) is 0 Å². The minimum Gasteiger partial charge on any atom is -0.493 e. The quantitative estimate of drug-likeness (QED) is 0.896. The summed E-state index contributed by atoms with van der Waals surface area (Å²) >= 11 is 0. The lowest BCUT2D eigenvalue weighted by molar-refractivity contribution is 0.187. The summed E-state index contributed by atoms with van der Waals surface area (Å²) < 4.78 is 11.1. The summed E-state index contributed by atoms with van der Waals surface area (Å²) in [6.45, 7) is 2.22. The summed E-state index contributed by atoms with van der Waals surface area (Å²) in [6.07, 6.45) is 3.00. The van der Waals surface area contributed by atoms with Crippen LogP contribution in [0.2, 0.25) is 0 Å². The topological polar surface area (TPSA) is 50.8 Å². The molecule has 2 aliphatic rings. The van der Waals surface area contributed by atoms with Gasteiger partial charge in [0, 0.05) is 18.7 Å². The van der Waals surface area contributed by atoms with Gasteiger partial charge in [-0.2, -0.15) is 0 Å². The Morgan fingerprint density at radius 2 is 2.20 bits per heavy atom. The molecule has 0 aliphatic carbocycles. The van der Waals surface area contributed by atoms with E-state index in [1.54, 1.807) is 7.11 Å². The molecule has 20 heavy (non-hydrogen) atoms. The molecule has 0 aromatic heterocycles. The maximum Gasteiger partial charge on any atom is 0.317 e. The van der Waals surface area contributed by atoms with Crippen LogP contribution in [0.25, 0.3) is 0 Å².